The fourth-order valence-corrected chi connectivity index (χ4v) is 10.7. The molecule has 0 radical (unpaired) electrons. The smallest absolute Gasteiger partial charge is 0.171 e. The highest BCUT2D eigenvalue weighted by Gasteiger charge is 2.29. The topological polar surface area (TPSA) is 55.7 Å². The van der Waals surface area contributed by atoms with Gasteiger partial charge in [0.2, 0.25) is 0 Å². The number of fused-ring (bicyclic) bond motifs is 5. The zero-order chi connectivity index (χ0) is 38.3. The first-order chi connectivity index (χ1) is 28.1. The summed E-state index contributed by atoms with van der Waals surface area (Å²) in [6.07, 6.45) is 0. The molecule has 2 heterocycles. The molecular weight excluding hydrogens is 714 g/mol. The Hall–Kier alpha value is -7.00. The molecule has 0 bridgehead atoms. The molecule has 10 rings (SSSR count). The van der Waals surface area contributed by atoms with E-state index in [1.54, 1.807) is 0 Å². The molecule has 0 saturated heterocycles. The molecule has 57 heavy (non-hydrogen) atoms. The molecule has 0 aliphatic carbocycles. The maximum absolute atomic E-state index is 15.0. The summed E-state index contributed by atoms with van der Waals surface area (Å²) in [6.45, 7) is 2.15. The van der Waals surface area contributed by atoms with E-state index in [4.69, 9.17) is 15.0 Å². The molecule has 10 aromatic rings. The van der Waals surface area contributed by atoms with E-state index >= 15 is 4.57 Å². The fourth-order valence-electron chi connectivity index (χ4n) is 8.09. The van der Waals surface area contributed by atoms with Gasteiger partial charge in [-0.3, -0.25) is 0 Å². The van der Waals surface area contributed by atoms with Gasteiger partial charge in [0.1, 0.15) is 0 Å². The lowest BCUT2D eigenvalue weighted by atomic mass is 9.93. The standard InChI is InChI=1S/C52H36N3OP/c1-35-33-46-52(55-51(38-19-8-3-9-20-38)50(54-46)37-17-6-2-7-18-37)48-44-27-14-15-28-45(44)53-49(47(35)48)40-22-16-21-39(34-40)36-29-31-43(32-30-36)57(56,41-23-10-4-11-24-41)42-25-12-5-13-26-42/h2-34H,1H3. The van der Waals surface area contributed by atoms with Gasteiger partial charge in [-0.25, -0.2) is 15.0 Å². The summed E-state index contributed by atoms with van der Waals surface area (Å²) in [5.74, 6) is 0. The van der Waals surface area contributed by atoms with E-state index in [0.29, 0.717) is 0 Å². The maximum atomic E-state index is 15.0. The molecule has 2 aromatic heterocycles. The van der Waals surface area contributed by atoms with Crippen molar-refractivity contribution in [2.45, 2.75) is 6.92 Å². The molecule has 270 valence electrons. The van der Waals surface area contributed by atoms with Crippen LogP contribution in [0.15, 0.2) is 200 Å². The number of benzene rings is 8. The minimum absolute atomic E-state index is 0.802. The number of pyridine rings is 1. The van der Waals surface area contributed by atoms with E-state index in [-0.39, 0.29) is 0 Å². The largest absolute Gasteiger partial charge is 0.309 e. The molecule has 0 aliphatic rings. The number of aryl methyl sites for hydroxylation is 1. The Labute approximate surface area is 331 Å². The lowest BCUT2D eigenvalue weighted by molar-refractivity contribution is 0.592. The Morgan fingerprint density at radius 3 is 1.49 bits per heavy atom. The van der Waals surface area contributed by atoms with Crippen molar-refractivity contribution in [1.29, 1.82) is 0 Å². The minimum atomic E-state index is -3.09. The minimum Gasteiger partial charge on any atom is -0.309 e. The zero-order valence-electron chi connectivity index (χ0n) is 31.2. The number of rotatable bonds is 7. The van der Waals surface area contributed by atoms with Crippen LogP contribution in [0.2, 0.25) is 0 Å². The predicted octanol–water partition coefficient (Wildman–Crippen LogP) is 11.9. The normalized spacial score (nSPS) is 11.7. The lowest BCUT2D eigenvalue weighted by Crippen LogP contribution is -2.24. The van der Waals surface area contributed by atoms with Crippen molar-refractivity contribution in [1.82, 2.24) is 15.0 Å². The van der Waals surface area contributed by atoms with E-state index in [9.17, 15) is 0 Å². The Bertz CT molecular complexity index is 3090. The molecule has 0 N–H and O–H groups in total. The summed E-state index contributed by atoms with van der Waals surface area (Å²) in [6, 6.07) is 67.5. The fraction of sp³-hybridized carbons (Fsp3) is 0.0192. The van der Waals surface area contributed by atoms with Crippen LogP contribution in [0.3, 0.4) is 0 Å². The number of nitrogens with zero attached hydrogens (tertiary/aromatic N) is 3. The molecule has 4 nitrogen and oxygen atoms in total. The maximum Gasteiger partial charge on any atom is 0.171 e. The van der Waals surface area contributed by atoms with Gasteiger partial charge in [-0.1, -0.05) is 182 Å². The summed E-state index contributed by atoms with van der Waals surface area (Å²) < 4.78 is 15.0. The van der Waals surface area contributed by atoms with Crippen LogP contribution in [0.1, 0.15) is 5.56 Å². The molecule has 0 atom stereocenters. The van der Waals surface area contributed by atoms with Crippen molar-refractivity contribution in [3.63, 3.8) is 0 Å². The number of hydrogen-bond donors (Lipinski definition) is 0. The molecule has 0 amide bonds. The highest BCUT2D eigenvalue weighted by molar-refractivity contribution is 7.85. The first kappa shape index (κ1) is 34.5. The first-order valence-electron chi connectivity index (χ1n) is 19.1. The Morgan fingerprint density at radius 1 is 0.368 bits per heavy atom. The van der Waals surface area contributed by atoms with Gasteiger partial charge in [0.05, 0.1) is 33.6 Å². The van der Waals surface area contributed by atoms with Gasteiger partial charge in [0.25, 0.3) is 0 Å². The second kappa shape index (κ2) is 14.3. The van der Waals surface area contributed by atoms with Gasteiger partial charge < -0.3 is 4.57 Å². The molecule has 0 aliphatic heterocycles. The lowest BCUT2D eigenvalue weighted by Gasteiger charge is -2.20. The van der Waals surface area contributed by atoms with E-state index in [0.717, 1.165) is 99.1 Å². The number of aromatic nitrogens is 3. The van der Waals surface area contributed by atoms with Crippen molar-refractivity contribution < 1.29 is 4.57 Å². The summed E-state index contributed by atoms with van der Waals surface area (Å²) >= 11 is 0. The Kier molecular flexibility index (Phi) is 8.62. The second-order valence-electron chi connectivity index (χ2n) is 14.3. The third-order valence-electron chi connectivity index (χ3n) is 10.8. The van der Waals surface area contributed by atoms with Crippen LogP contribution in [-0.4, -0.2) is 15.0 Å². The van der Waals surface area contributed by atoms with Crippen molar-refractivity contribution in [3.8, 4) is 44.9 Å². The average molecular weight is 750 g/mol. The predicted molar refractivity (Wildman–Crippen MR) is 238 cm³/mol. The summed E-state index contributed by atoms with van der Waals surface area (Å²) in [5, 5.41) is 5.58. The molecule has 0 fully saturated rings. The highest BCUT2D eigenvalue weighted by Crippen LogP contribution is 2.44. The van der Waals surface area contributed by atoms with Crippen LogP contribution in [0.4, 0.5) is 0 Å². The van der Waals surface area contributed by atoms with Gasteiger partial charge in [-0.15, -0.1) is 0 Å². The SMILES string of the molecule is Cc1cc2nc(-c3ccccc3)c(-c3ccccc3)nc2c2c1c(-c1cccc(-c3ccc(P(=O)(c4ccccc4)c4ccccc4)cc3)c1)nc1ccccc12. The van der Waals surface area contributed by atoms with Gasteiger partial charge in [-0.2, -0.15) is 0 Å². The van der Waals surface area contributed by atoms with Crippen molar-refractivity contribution >= 4 is 55.8 Å². The zero-order valence-corrected chi connectivity index (χ0v) is 32.1. The van der Waals surface area contributed by atoms with E-state index < -0.39 is 7.14 Å². The monoisotopic (exact) mass is 749 g/mol. The number of hydrogen-bond acceptors (Lipinski definition) is 4. The average Bonchev–Trinajstić information content (AvgIpc) is 3.29. The van der Waals surface area contributed by atoms with Crippen LogP contribution in [0, 0.1) is 6.92 Å². The molecule has 0 unspecified atom stereocenters. The van der Waals surface area contributed by atoms with Crippen LogP contribution in [0.25, 0.3) is 77.6 Å². The summed E-state index contributed by atoms with van der Waals surface area (Å²) in [4.78, 5) is 16.2. The van der Waals surface area contributed by atoms with Crippen LogP contribution >= 0.6 is 7.14 Å². The Balaban J connectivity index is 1.15. The van der Waals surface area contributed by atoms with Gasteiger partial charge >= 0.3 is 0 Å². The third kappa shape index (κ3) is 6.03. The Morgan fingerprint density at radius 2 is 0.860 bits per heavy atom. The molecule has 0 saturated carbocycles. The van der Waals surface area contributed by atoms with Gasteiger partial charge in [0, 0.05) is 48.8 Å². The van der Waals surface area contributed by atoms with Gasteiger partial charge in [-0.05, 0) is 41.8 Å². The van der Waals surface area contributed by atoms with Crippen molar-refractivity contribution in [3.05, 3.63) is 206 Å². The van der Waals surface area contributed by atoms with Crippen LogP contribution in [0.5, 0.6) is 0 Å². The van der Waals surface area contributed by atoms with Crippen molar-refractivity contribution in [2.24, 2.45) is 0 Å². The van der Waals surface area contributed by atoms with Crippen molar-refractivity contribution in [2.75, 3.05) is 0 Å². The summed E-state index contributed by atoms with van der Waals surface area (Å²) in [7, 11) is -3.09. The van der Waals surface area contributed by atoms with E-state index in [2.05, 4.69) is 91.9 Å². The second-order valence-corrected chi connectivity index (χ2v) is 17.1. The van der Waals surface area contributed by atoms with Crippen LogP contribution in [-0.2, 0) is 4.57 Å². The molecule has 8 aromatic carbocycles. The highest BCUT2D eigenvalue weighted by atomic mass is 31.2. The first-order valence-corrected chi connectivity index (χ1v) is 20.8. The van der Waals surface area contributed by atoms with Crippen LogP contribution < -0.4 is 15.9 Å². The van der Waals surface area contributed by atoms with Gasteiger partial charge in [0.15, 0.2) is 7.14 Å². The molecular formula is C52H36N3OP. The summed E-state index contributed by atoms with van der Waals surface area (Å²) in [5.41, 5.74) is 11.4. The molecule has 0 spiro atoms. The number of para-hydroxylation sites is 1. The molecule has 5 heteroatoms. The quantitative estimate of drug-likeness (QED) is 0.120. The third-order valence-corrected chi connectivity index (χ3v) is 13.9. The van der Waals surface area contributed by atoms with E-state index in [1.807, 2.05) is 115 Å². The van der Waals surface area contributed by atoms with E-state index in [1.165, 1.54) is 0 Å².